The second-order valence-electron chi connectivity index (χ2n) is 4.83. The van der Waals surface area contributed by atoms with Crippen LogP contribution < -0.4 is 4.72 Å². The summed E-state index contributed by atoms with van der Waals surface area (Å²) in [5.74, 6) is 0.882. The molecule has 1 aliphatic carbocycles. The Morgan fingerprint density at radius 3 is 2.39 bits per heavy atom. The van der Waals surface area contributed by atoms with Crippen molar-refractivity contribution in [2.75, 3.05) is 0 Å². The number of sulfonamides is 1. The van der Waals surface area contributed by atoms with Crippen LogP contribution in [0.4, 0.5) is 0 Å². The standard InChI is InChI=1S/C11H16ClN3O2S/c1-7-3-4-10(8(7)2)15-18(16,17)9-5-13-11(12)14-6-9/h5-8,10,15H,3-4H2,1-2H3. The van der Waals surface area contributed by atoms with Crippen molar-refractivity contribution in [3.8, 4) is 0 Å². The summed E-state index contributed by atoms with van der Waals surface area (Å²) < 4.78 is 27.0. The number of hydrogen-bond donors (Lipinski definition) is 1. The molecule has 1 aromatic rings. The van der Waals surface area contributed by atoms with Gasteiger partial charge in [-0.05, 0) is 36.3 Å². The average molecular weight is 290 g/mol. The van der Waals surface area contributed by atoms with Crippen LogP contribution in [0, 0.1) is 11.8 Å². The molecule has 0 aromatic carbocycles. The first-order valence-corrected chi connectivity index (χ1v) is 7.76. The fraction of sp³-hybridized carbons (Fsp3) is 0.636. The van der Waals surface area contributed by atoms with Gasteiger partial charge in [-0.3, -0.25) is 0 Å². The van der Waals surface area contributed by atoms with Crippen molar-refractivity contribution < 1.29 is 8.42 Å². The van der Waals surface area contributed by atoms with Gasteiger partial charge < -0.3 is 0 Å². The largest absolute Gasteiger partial charge is 0.243 e. The smallest absolute Gasteiger partial charge is 0.225 e. The van der Waals surface area contributed by atoms with Gasteiger partial charge in [0, 0.05) is 6.04 Å². The fourth-order valence-electron chi connectivity index (χ4n) is 2.24. The number of nitrogens with one attached hydrogen (secondary N) is 1. The molecule has 1 heterocycles. The fourth-order valence-corrected chi connectivity index (χ4v) is 3.59. The van der Waals surface area contributed by atoms with Crippen LogP contribution in [-0.4, -0.2) is 24.4 Å². The summed E-state index contributed by atoms with van der Waals surface area (Å²) in [6.45, 7) is 4.22. The average Bonchev–Trinajstić information content (AvgIpc) is 2.61. The molecule has 0 aliphatic heterocycles. The minimum Gasteiger partial charge on any atom is -0.225 e. The lowest BCUT2D eigenvalue weighted by Crippen LogP contribution is -2.37. The summed E-state index contributed by atoms with van der Waals surface area (Å²) in [6, 6.07) is -0.0133. The third-order valence-corrected chi connectivity index (χ3v) is 5.32. The van der Waals surface area contributed by atoms with Crippen molar-refractivity contribution in [1.29, 1.82) is 0 Å². The lowest BCUT2D eigenvalue weighted by molar-refractivity contribution is 0.402. The predicted octanol–water partition coefficient (Wildman–Crippen LogP) is 1.84. The molecule has 1 aromatic heterocycles. The van der Waals surface area contributed by atoms with Crippen LogP contribution in [0.15, 0.2) is 17.3 Å². The summed E-state index contributed by atoms with van der Waals surface area (Å²) in [5.41, 5.74) is 0. The topological polar surface area (TPSA) is 72.0 Å². The molecule has 0 spiro atoms. The zero-order valence-electron chi connectivity index (χ0n) is 10.3. The van der Waals surface area contributed by atoms with Crippen LogP contribution in [0.1, 0.15) is 26.7 Å². The quantitative estimate of drug-likeness (QED) is 0.862. The Morgan fingerprint density at radius 1 is 1.28 bits per heavy atom. The third-order valence-electron chi connectivity index (χ3n) is 3.68. The van der Waals surface area contributed by atoms with Gasteiger partial charge in [-0.25, -0.2) is 23.1 Å². The molecule has 18 heavy (non-hydrogen) atoms. The lowest BCUT2D eigenvalue weighted by Gasteiger charge is -2.19. The van der Waals surface area contributed by atoms with Gasteiger partial charge in [-0.2, -0.15) is 0 Å². The van der Waals surface area contributed by atoms with Gasteiger partial charge in [0.05, 0.1) is 12.4 Å². The molecular weight excluding hydrogens is 274 g/mol. The highest BCUT2D eigenvalue weighted by Gasteiger charge is 2.33. The van der Waals surface area contributed by atoms with Gasteiger partial charge in [0.15, 0.2) is 0 Å². The molecule has 0 radical (unpaired) electrons. The highest BCUT2D eigenvalue weighted by molar-refractivity contribution is 7.89. The summed E-state index contributed by atoms with van der Waals surface area (Å²) in [5, 5.41) is 0.0387. The van der Waals surface area contributed by atoms with Crippen LogP contribution in [0.3, 0.4) is 0 Å². The number of nitrogens with zero attached hydrogens (tertiary/aromatic N) is 2. The van der Waals surface area contributed by atoms with Gasteiger partial charge in [0.2, 0.25) is 15.3 Å². The van der Waals surface area contributed by atoms with Crippen molar-refractivity contribution in [2.45, 2.75) is 37.6 Å². The van der Waals surface area contributed by atoms with E-state index in [1.54, 1.807) is 0 Å². The van der Waals surface area contributed by atoms with Crippen molar-refractivity contribution in [2.24, 2.45) is 11.8 Å². The molecular formula is C11H16ClN3O2S. The molecule has 1 saturated carbocycles. The Balaban J connectivity index is 2.15. The van der Waals surface area contributed by atoms with E-state index < -0.39 is 10.0 Å². The molecule has 7 heteroatoms. The maximum Gasteiger partial charge on any atom is 0.243 e. The zero-order chi connectivity index (χ0) is 13.3. The number of halogens is 1. The molecule has 3 atom stereocenters. The number of rotatable bonds is 3. The van der Waals surface area contributed by atoms with E-state index in [2.05, 4.69) is 28.5 Å². The molecule has 0 bridgehead atoms. The second-order valence-corrected chi connectivity index (χ2v) is 6.88. The summed E-state index contributed by atoms with van der Waals surface area (Å²) in [6.07, 6.45) is 4.36. The van der Waals surface area contributed by atoms with Gasteiger partial charge >= 0.3 is 0 Å². The maximum atomic E-state index is 12.1. The van der Waals surface area contributed by atoms with E-state index in [1.165, 1.54) is 12.4 Å². The third kappa shape index (κ3) is 2.81. The molecule has 1 aliphatic rings. The molecule has 1 N–H and O–H groups in total. The van der Waals surface area contributed by atoms with Gasteiger partial charge in [0.1, 0.15) is 4.90 Å². The molecule has 100 valence electrons. The van der Waals surface area contributed by atoms with Crippen molar-refractivity contribution in [3.05, 3.63) is 17.7 Å². The van der Waals surface area contributed by atoms with Crippen LogP contribution in [-0.2, 0) is 10.0 Å². The zero-order valence-corrected chi connectivity index (χ0v) is 11.9. The van der Waals surface area contributed by atoms with E-state index >= 15 is 0 Å². The monoisotopic (exact) mass is 289 g/mol. The first kappa shape index (κ1) is 13.7. The van der Waals surface area contributed by atoms with E-state index in [4.69, 9.17) is 11.6 Å². The first-order valence-electron chi connectivity index (χ1n) is 5.90. The normalized spacial score (nSPS) is 28.5. The van der Waals surface area contributed by atoms with E-state index in [9.17, 15) is 8.42 Å². The van der Waals surface area contributed by atoms with Crippen molar-refractivity contribution >= 4 is 21.6 Å². The van der Waals surface area contributed by atoms with Gasteiger partial charge in [-0.1, -0.05) is 13.8 Å². The first-order chi connectivity index (χ1) is 8.40. The molecule has 0 saturated heterocycles. The number of hydrogen-bond acceptors (Lipinski definition) is 4. The van der Waals surface area contributed by atoms with Crippen LogP contribution in [0.5, 0.6) is 0 Å². The molecule has 0 amide bonds. The predicted molar refractivity (Wildman–Crippen MR) is 68.7 cm³/mol. The maximum absolute atomic E-state index is 12.1. The Bertz CT molecular complexity index is 518. The summed E-state index contributed by atoms with van der Waals surface area (Å²) in [7, 11) is -3.55. The van der Waals surface area contributed by atoms with E-state index in [0.29, 0.717) is 11.8 Å². The molecule has 2 rings (SSSR count). The minimum absolute atomic E-state index is 0.0133. The van der Waals surface area contributed by atoms with E-state index in [-0.39, 0.29) is 16.2 Å². The van der Waals surface area contributed by atoms with E-state index in [0.717, 1.165) is 12.8 Å². The van der Waals surface area contributed by atoms with Crippen molar-refractivity contribution in [1.82, 2.24) is 14.7 Å². The minimum atomic E-state index is -3.55. The van der Waals surface area contributed by atoms with Crippen LogP contribution >= 0.6 is 11.6 Å². The Kier molecular flexibility index (Phi) is 3.89. The lowest BCUT2D eigenvalue weighted by atomic mass is 9.98. The Labute approximate surface area is 112 Å². The van der Waals surface area contributed by atoms with Crippen LogP contribution in [0.25, 0.3) is 0 Å². The van der Waals surface area contributed by atoms with Gasteiger partial charge in [-0.15, -0.1) is 0 Å². The van der Waals surface area contributed by atoms with Gasteiger partial charge in [0.25, 0.3) is 0 Å². The Morgan fingerprint density at radius 2 is 1.89 bits per heavy atom. The van der Waals surface area contributed by atoms with Crippen molar-refractivity contribution in [3.63, 3.8) is 0 Å². The Hall–Kier alpha value is -0.720. The number of aromatic nitrogens is 2. The SMILES string of the molecule is CC1CCC(NS(=O)(=O)c2cnc(Cl)nc2)C1C. The molecule has 5 nitrogen and oxygen atoms in total. The van der Waals surface area contributed by atoms with E-state index in [1.807, 2.05) is 0 Å². The highest BCUT2D eigenvalue weighted by atomic mass is 35.5. The summed E-state index contributed by atoms with van der Waals surface area (Å²) in [4.78, 5) is 7.43. The second kappa shape index (κ2) is 5.11. The highest BCUT2D eigenvalue weighted by Crippen LogP contribution is 2.31. The van der Waals surface area contributed by atoms with Crippen LogP contribution in [0.2, 0.25) is 5.28 Å². The molecule has 1 fully saturated rings. The molecule has 3 unspecified atom stereocenters. The summed E-state index contributed by atoms with van der Waals surface area (Å²) >= 11 is 5.54.